The molecule has 4 aromatic carbocycles. The molecule has 7 heteroatoms. The molecule has 178 valence electrons. The number of carbonyl (C=O) groups is 1. The Labute approximate surface area is 218 Å². The van der Waals surface area contributed by atoms with E-state index in [1.54, 1.807) is 12.1 Å². The van der Waals surface area contributed by atoms with Crippen LogP contribution in [0, 0.1) is 11.3 Å². The minimum absolute atomic E-state index is 0.349. The van der Waals surface area contributed by atoms with Crippen LogP contribution in [0.1, 0.15) is 16.7 Å². The summed E-state index contributed by atoms with van der Waals surface area (Å²) in [4.78, 5) is 13.4. The first-order chi connectivity index (χ1) is 18.1. The first-order valence-electron chi connectivity index (χ1n) is 11.4. The molecule has 6 nitrogen and oxygen atoms in total. The molecule has 0 unspecified atom stereocenters. The molecule has 5 aromatic rings. The van der Waals surface area contributed by atoms with E-state index in [9.17, 15) is 4.79 Å². The summed E-state index contributed by atoms with van der Waals surface area (Å²) in [7, 11) is 0. The highest BCUT2D eigenvalue weighted by Gasteiger charge is 2.13. The van der Waals surface area contributed by atoms with E-state index >= 15 is 0 Å². The van der Waals surface area contributed by atoms with E-state index in [1.807, 2.05) is 54.6 Å². The van der Waals surface area contributed by atoms with Crippen LogP contribution in [0.2, 0.25) is 0 Å². The van der Waals surface area contributed by atoms with E-state index in [4.69, 9.17) is 10.4 Å². The number of para-hydroxylation sites is 2. The van der Waals surface area contributed by atoms with E-state index in [2.05, 4.69) is 62.2 Å². The van der Waals surface area contributed by atoms with Crippen molar-refractivity contribution >= 4 is 64.0 Å². The highest BCUT2D eigenvalue weighted by atomic mass is 32.1. The van der Waals surface area contributed by atoms with Gasteiger partial charge in [0.1, 0.15) is 22.7 Å². The molecule has 0 atom stereocenters. The number of hydrogen-bond acceptors (Lipinski definition) is 6. The molecule has 0 saturated carbocycles. The topological polar surface area (TPSA) is 90.1 Å². The zero-order valence-electron chi connectivity index (χ0n) is 19.5. The number of carboxylic acids is 1. The van der Waals surface area contributed by atoms with Crippen molar-refractivity contribution in [2.45, 2.75) is 0 Å². The van der Waals surface area contributed by atoms with Crippen LogP contribution in [0.4, 0.5) is 17.1 Å². The quantitative estimate of drug-likeness (QED) is 0.143. The van der Waals surface area contributed by atoms with Crippen LogP contribution in [0.5, 0.6) is 0 Å². The molecule has 0 fully saturated rings. The summed E-state index contributed by atoms with van der Waals surface area (Å²) in [5.74, 6) is -1.27. The zero-order valence-corrected chi connectivity index (χ0v) is 20.3. The molecular formula is C30H20N4O2S. The van der Waals surface area contributed by atoms with Crippen LogP contribution >= 0.6 is 11.7 Å². The zero-order chi connectivity index (χ0) is 25.6. The first-order valence-corrected chi connectivity index (χ1v) is 12.2. The molecule has 37 heavy (non-hydrogen) atoms. The Hall–Kier alpha value is -5.06. The number of carboxylic acid groups (broad SMARTS) is 1. The molecule has 5 rings (SSSR count). The lowest BCUT2D eigenvalue weighted by molar-refractivity contribution is -0.132. The number of aromatic nitrogens is 2. The van der Waals surface area contributed by atoms with E-state index in [0.717, 1.165) is 39.9 Å². The van der Waals surface area contributed by atoms with Gasteiger partial charge in [-0.2, -0.15) is 14.0 Å². The third-order valence-electron chi connectivity index (χ3n) is 5.76. The summed E-state index contributed by atoms with van der Waals surface area (Å²) in [5, 5.41) is 18.2. The number of hydrogen-bond donors (Lipinski definition) is 1. The fourth-order valence-electron chi connectivity index (χ4n) is 3.97. The molecular weight excluding hydrogens is 480 g/mol. The number of benzene rings is 4. The molecule has 0 saturated heterocycles. The smallest absolute Gasteiger partial charge is 0.346 e. The third-order valence-corrected chi connectivity index (χ3v) is 6.29. The molecule has 0 bridgehead atoms. The van der Waals surface area contributed by atoms with Gasteiger partial charge in [0.25, 0.3) is 0 Å². The summed E-state index contributed by atoms with van der Waals surface area (Å²) in [6.45, 7) is 0. The van der Waals surface area contributed by atoms with Gasteiger partial charge in [0.05, 0.1) is 11.7 Å². The second-order valence-electron chi connectivity index (χ2n) is 8.11. The highest BCUT2D eigenvalue weighted by molar-refractivity contribution is 7.00. The van der Waals surface area contributed by atoms with Gasteiger partial charge in [0.15, 0.2) is 0 Å². The third kappa shape index (κ3) is 5.15. The maximum atomic E-state index is 11.2. The fourth-order valence-corrected chi connectivity index (χ4v) is 4.56. The highest BCUT2D eigenvalue weighted by Crippen LogP contribution is 2.34. The van der Waals surface area contributed by atoms with Crippen LogP contribution in [0.15, 0.2) is 103 Å². The summed E-state index contributed by atoms with van der Waals surface area (Å²) in [5.41, 5.74) is 6.50. The summed E-state index contributed by atoms with van der Waals surface area (Å²) in [6.07, 6.45) is 5.28. The number of anilines is 3. The van der Waals surface area contributed by atoms with Crippen molar-refractivity contribution in [1.82, 2.24) is 8.75 Å². The average molecular weight is 501 g/mol. The van der Waals surface area contributed by atoms with E-state index in [0.29, 0.717) is 16.6 Å². The van der Waals surface area contributed by atoms with Crippen LogP contribution in [0.3, 0.4) is 0 Å². The molecule has 1 aromatic heterocycles. The fraction of sp³-hybridized carbons (Fsp3) is 0. The van der Waals surface area contributed by atoms with Gasteiger partial charge in [0.2, 0.25) is 0 Å². The van der Waals surface area contributed by atoms with E-state index in [-0.39, 0.29) is 5.57 Å². The largest absolute Gasteiger partial charge is 0.477 e. The minimum Gasteiger partial charge on any atom is -0.477 e. The van der Waals surface area contributed by atoms with Crippen molar-refractivity contribution in [1.29, 1.82) is 5.26 Å². The standard InChI is InChI=1S/C30H20N4O2S/c31-20-24(30(35)36)19-23-16-15-22(28-29(23)33-37-32-28)14-11-21-12-17-27(18-13-21)34(25-7-3-1-4-8-25)26-9-5-2-6-10-26/h1-19H,(H,35,36)/b14-11+,24-19+. The number of nitriles is 1. The van der Waals surface area contributed by atoms with Gasteiger partial charge in [-0.25, -0.2) is 4.79 Å². The Kier molecular flexibility index (Phi) is 6.84. The molecule has 1 N–H and O–H groups in total. The summed E-state index contributed by atoms with van der Waals surface area (Å²) < 4.78 is 8.70. The average Bonchev–Trinajstić information content (AvgIpc) is 3.44. The van der Waals surface area contributed by atoms with Gasteiger partial charge in [-0.1, -0.05) is 72.8 Å². The Bertz CT molecular complexity index is 1610. The van der Waals surface area contributed by atoms with Crippen molar-refractivity contribution in [2.75, 3.05) is 4.90 Å². The van der Waals surface area contributed by atoms with E-state index < -0.39 is 5.97 Å². The van der Waals surface area contributed by atoms with Gasteiger partial charge < -0.3 is 10.0 Å². The van der Waals surface area contributed by atoms with Crippen LogP contribution in [-0.4, -0.2) is 19.8 Å². The minimum atomic E-state index is -1.27. The maximum absolute atomic E-state index is 11.2. The Balaban J connectivity index is 1.44. The number of aliphatic carboxylic acids is 1. The summed E-state index contributed by atoms with van der Waals surface area (Å²) >= 11 is 1.05. The van der Waals surface area contributed by atoms with Crippen LogP contribution in [-0.2, 0) is 4.79 Å². The predicted octanol–water partition coefficient (Wildman–Crippen LogP) is 7.32. The van der Waals surface area contributed by atoms with E-state index in [1.165, 1.54) is 6.08 Å². The predicted molar refractivity (Wildman–Crippen MR) is 149 cm³/mol. The van der Waals surface area contributed by atoms with Crippen LogP contribution < -0.4 is 4.90 Å². The normalized spacial score (nSPS) is 11.5. The molecule has 0 amide bonds. The monoisotopic (exact) mass is 500 g/mol. The maximum Gasteiger partial charge on any atom is 0.346 e. The van der Waals surface area contributed by atoms with Gasteiger partial charge in [-0.3, -0.25) is 0 Å². The lowest BCUT2D eigenvalue weighted by Gasteiger charge is -2.25. The Morgan fingerprint density at radius 2 is 1.30 bits per heavy atom. The number of rotatable bonds is 7. The second-order valence-corrected chi connectivity index (χ2v) is 8.64. The Morgan fingerprint density at radius 1 is 0.757 bits per heavy atom. The van der Waals surface area contributed by atoms with Crippen molar-refractivity contribution in [3.63, 3.8) is 0 Å². The lowest BCUT2D eigenvalue weighted by atomic mass is 10.0. The number of fused-ring (bicyclic) bond motifs is 1. The van der Waals surface area contributed by atoms with Crippen LogP contribution in [0.25, 0.3) is 29.3 Å². The molecule has 0 spiro atoms. The first kappa shape index (κ1) is 23.7. The van der Waals surface area contributed by atoms with Gasteiger partial charge in [-0.15, -0.1) is 0 Å². The van der Waals surface area contributed by atoms with Crippen molar-refractivity contribution in [3.05, 3.63) is 119 Å². The number of nitrogens with zero attached hydrogens (tertiary/aromatic N) is 4. The molecule has 1 heterocycles. The summed E-state index contributed by atoms with van der Waals surface area (Å²) in [6, 6.07) is 34.1. The lowest BCUT2D eigenvalue weighted by Crippen LogP contribution is -2.09. The van der Waals surface area contributed by atoms with Gasteiger partial charge in [0, 0.05) is 28.2 Å². The molecule has 0 aliphatic carbocycles. The van der Waals surface area contributed by atoms with Gasteiger partial charge >= 0.3 is 5.97 Å². The molecule has 0 radical (unpaired) electrons. The van der Waals surface area contributed by atoms with Crippen molar-refractivity contribution in [3.8, 4) is 6.07 Å². The SMILES string of the molecule is N#C/C(=C\c1ccc(/C=C/c2ccc(N(c3ccccc3)c3ccccc3)cc2)c2nsnc12)C(=O)O. The van der Waals surface area contributed by atoms with Crippen molar-refractivity contribution < 1.29 is 9.90 Å². The van der Waals surface area contributed by atoms with Crippen molar-refractivity contribution in [2.24, 2.45) is 0 Å². The Morgan fingerprint density at radius 3 is 1.86 bits per heavy atom. The second kappa shape index (κ2) is 10.7. The molecule has 0 aliphatic rings. The molecule has 0 aliphatic heterocycles. The van der Waals surface area contributed by atoms with Gasteiger partial charge in [-0.05, 0) is 48.0 Å².